The molecule has 1 heterocycles. The lowest BCUT2D eigenvalue weighted by molar-refractivity contribution is 0.280. The number of aliphatic hydroxyl groups excluding tert-OH is 1. The Morgan fingerprint density at radius 1 is 1.28 bits per heavy atom. The number of hydrogen-bond donors (Lipinski definition) is 1. The molecule has 1 aromatic carbocycles. The highest BCUT2D eigenvalue weighted by molar-refractivity contribution is 5.89. The Morgan fingerprint density at radius 3 is 2.72 bits per heavy atom. The molecule has 1 aromatic heterocycles. The molecular weight excluding hydrogens is 226 g/mol. The number of rotatable bonds is 6. The van der Waals surface area contributed by atoms with Crippen LogP contribution in [0, 0.1) is 0 Å². The van der Waals surface area contributed by atoms with Crippen LogP contribution in [0.5, 0.6) is 0 Å². The summed E-state index contributed by atoms with van der Waals surface area (Å²) in [7, 11) is 0. The van der Waals surface area contributed by atoms with Crippen LogP contribution >= 0.6 is 0 Å². The van der Waals surface area contributed by atoms with Crippen molar-refractivity contribution >= 4 is 16.7 Å². The summed E-state index contributed by atoms with van der Waals surface area (Å²) < 4.78 is 2.14. The quantitative estimate of drug-likeness (QED) is 0.851. The van der Waals surface area contributed by atoms with E-state index in [4.69, 9.17) is 5.11 Å². The van der Waals surface area contributed by atoms with Gasteiger partial charge in [-0.25, -0.2) is 4.98 Å². The fraction of sp³-hybridized carbons (Fsp3) is 0.500. The van der Waals surface area contributed by atoms with Crippen molar-refractivity contribution in [2.75, 3.05) is 24.6 Å². The Morgan fingerprint density at radius 2 is 2.06 bits per heavy atom. The highest BCUT2D eigenvalue weighted by Gasteiger charge is 2.11. The third-order valence-corrected chi connectivity index (χ3v) is 3.28. The van der Waals surface area contributed by atoms with Gasteiger partial charge in [0.2, 0.25) is 0 Å². The van der Waals surface area contributed by atoms with Crippen molar-refractivity contribution in [3.63, 3.8) is 0 Å². The number of aryl methyl sites for hydroxylation is 1. The maximum absolute atomic E-state index is 8.96. The van der Waals surface area contributed by atoms with Gasteiger partial charge in [0.1, 0.15) is 0 Å². The van der Waals surface area contributed by atoms with Crippen molar-refractivity contribution in [2.24, 2.45) is 0 Å². The minimum Gasteiger partial charge on any atom is -0.396 e. The second-order valence-corrected chi connectivity index (χ2v) is 4.33. The molecule has 0 spiro atoms. The molecule has 0 unspecified atom stereocenters. The van der Waals surface area contributed by atoms with Gasteiger partial charge in [-0.05, 0) is 32.4 Å². The lowest BCUT2D eigenvalue weighted by Gasteiger charge is -2.22. The van der Waals surface area contributed by atoms with Crippen molar-refractivity contribution in [3.8, 4) is 0 Å². The minimum absolute atomic E-state index is 0.215. The van der Waals surface area contributed by atoms with Gasteiger partial charge in [0.05, 0.1) is 23.0 Å². The van der Waals surface area contributed by atoms with Gasteiger partial charge in [-0.15, -0.1) is 0 Å². The Bertz CT molecular complexity index is 503. The van der Waals surface area contributed by atoms with E-state index in [1.807, 2.05) is 12.4 Å². The van der Waals surface area contributed by atoms with E-state index in [0.717, 1.165) is 31.6 Å². The summed E-state index contributed by atoms with van der Waals surface area (Å²) >= 11 is 0. The molecule has 0 bridgehead atoms. The van der Waals surface area contributed by atoms with E-state index >= 15 is 0 Å². The second-order valence-electron chi connectivity index (χ2n) is 4.33. The SMILES string of the molecule is CCN(CC)c1cccc2ncn(CCCO)c12. The molecule has 0 saturated carbocycles. The molecule has 0 aliphatic carbocycles. The summed E-state index contributed by atoms with van der Waals surface area (Å²) in [5.41, 5.74) is 3.43. The maximum atomic E-state index is 8.96. The normalized spacial score (nSPS) is 11.1. The van der Waals surface area contributed by atoms with Crippen molar-refractivity contribution in [1.82, 2.24) is 9.55 Å². The molecule has 1 N–H and O–H groups in total. The number of para-hydroxylation sites is 1. The summed E-state index contributed by atoms with van der Waals surface area (Å²) in [5.74, 6) is 0. The fourth-order valence-electron chi connectivity index (χ4n) is 2.34. The van der Waals surface area contributed by atoms with E-state index in [-0.39, 0.29) is 6.61 Å². The molecule has 98 valence electrons. The molecule has 4 heteroatoms. The highest BCUT2D eigenvalue weighted by atomic mass is 16.3. The maximum Gasteiger partial charge on any atom is 0.0958 e. The molecule has 4 nitrogen and oxygen atoms in total. The van der Waals surface area contributed by atoms with E-state index in [1.54, 1.807) is 0 Å². The van der Waals surface area contributed by atoms with Crippen LogP contribution in [0.15, 0.2) is 24.5 Å². The molecule has 18 heavy (non-hydrogen) atoms. The number of aromatic nitrogens is 2. The third kappa shape index (κ3) is 2.34. The van der Waals surface area contributed by atoms with Gasteiger partial charge in [-0.3, -0.25) is 0 Å². The minimum atomic E-state index is 0.215. The average molecular weight is 247 g/mol. The van der Waals surface area contributed by atoms with E-state index in [1.165, 1.54) is 11.2 Å². The number of anilines is 1. The van der Waals surface area contributed by atoms with Gasteiger partial charge >= 0.3 is 0 Å². The predicted molar refractivity (Wildman–Crippen MR) is 75.0 cm³/mol. The summed E-state index contributed by atoms with van der Waals surface area (Å²) in [6.45, 7) is 7.33. The average Bonchev–Trinajstić information content (AvgIpc) is 2.82. The molecule has 0 radical (unpaired) electrons. The summed E-state index contributed by atoms with van der Waals surface area (Å²) in [5, 5.41) is 8.96. The molecule has 0 atom stereocenters. The molecule has 2 aromatic rings. The lowest BCUT2D eigenvalue weighted by Crippen LogP contribution is -2.22. The number of nitrogens with zero attached hydrogens (tertiary/aromatic N) is 3. The Labute approximate surface area is 108 Å². The zero-order valence-corrected chi connectivity index (χ0v) is 11.1. The van der Waals surface area contributed by atoms with Crippen LogP contribution in [0.2, 0.25) is 0 Å². The van der Waals surface area contributed by atoms with Gasteiger partial charge in [-0.1, -0.05) is 6.07 Å². The summed E-state index contributed by atoms with van der Waals surface area (Å²) in [6, 6.07) is 6.24. The predicted octanol–water partition coefficient (Wildman–Crippen LogP) is 2.26. The second kappa shape index (κ2) is 5.87. The van der Waals surface area contributed by atoms with Crippen molar-refractivity contribution in [2.45, 2.75) is 26.8 Å². The first-order valence-electron chi connectivity index (χ1n) is 6.61. The monoisotopic (exact) mass is 247 g/mol. The Hall–Kier alpha value is -1.55. The fourth-order valence-corrected chi connectivity index (χ4v) is 2.34. The number of fused-ring (bicyclic) bond motifs is 1. The smallest absolute Gasteiger partial charge is 0.0958 e. The van der Waals surface area contributed by atoms with E-state index in [9.17, 15) is 0 Å². The van der Waals surface area contributed by atoms with Gasteiger partial charge in [0.15, 0.2) is 0 Å². The number of aliphatic hydroxyl groups is 1. The molecule has 0 fully saturated rings. The van der Waals surface area contributed by atoms with E-state index in [2.05, 4.69) is 40.4 Å². The number of benzene rings is 1. The zero-order valence-electron chi connectivity index (χ0n) is 11.1. The molecule has 0 aliphatic heterocycles. The Kier molecular flexibility index (Phi) is 4.20. The molecular formula is C14H21N3O. The van der Waals surface area contributed by atoms with E-state index in [0.29, 0.717) is 0 Å². The highest BCUT2D eigenvalue weighted by Crippen LogP contribution is 2.26. The van der Waals surface area contributed by atoms with Gasteiger partial charge < -0.3 is 14.6 Å². The standard InChI is InChI=1S/C14H21N3O/c1-3-16(4-2)13-8-5-7-12-14(13)17(11-15-12)9-6-10-18/h5,7-8,11,18H,3-4,6,9-10H2,1-2H3. The van der Waals surface area contributed by atoms with Gasteiger partial charge in [0, 0.05) is 26.2 Å². The van der Waals surface area contributed by atoms with Crippen molar-refractivity contribution in [3.05, 3.63) is 24.5 Å². The zero-order chi connectivity index (χ0) is 13.0. The first kappa shape index (κ1) is 12.9. The lowest BCUT2D eigenvalue weighted by atomic mass is 10.2. The van der Waals surface area contributed by atoms with E-state index < -0.39 is 0 Å². The topological polar surface area (TPSA) is 41.3 Å². The van der Waals surface area contributed by atoms with Crippen LogP contribution in [0.4, 0.5) is 5.69 Å². The number of hydrogen-bond acceptors (Lipinski definition) is 3. The Balaban J connectivity index is 2.47. The van der Waals surface area contributed by atoms with Crippen molar-refractivity contribution < 1.29 is 5.11 Å². The van der Waals surface area contributed by atoms with Crippen LogP contribution < -0.4 is 4.90 Å². The first-order chi connectivity index (χ1) is 8.81. The molecule has 0 saturated heterocycles. The summed E-state index contributed by atoms with van der Waals surface area (Å²) in [6.07, 6.45) is 2.63. The van der Waals surface area contributed by atoms with Gasteiger partial charge in [0.25, 0.3) is 0 Å². The van der Waals surface area contributed by atoms with Crippen LogP contribution in [0.3, 0.4) is 0 Å². The van der Waals surface area contributed by atoms with Crippen LogP contribution in [-0.4, -0.2) is 34.4 Å². The number of imidazole rings is 1. The first-order valence-corrected chi connectivity index (χ1v) is 6.61. The molecule has 0 amide bonds. The van der Waals surface area contributed by atoms with Crippen molar-refractivity contribution in [1.29, 1.82) is 0 Å². The molecule has 2 rings (SSSR count). The van der Waals surface area contributed by atoms with Crippen LogP contribution in [0.1, 0.15) is 20.3 Å². The van der Waals surface area contributed by atoms with Gasteiger partial charge in [-0.2, -0.15) is 0 Å². The van der Waals surface area contributed by atoms with Crippen LogP contribution in [0.25, 0.3) is 11.0 Å². The summed E-state index contributed by atoms with van der Waals surface area (Å²) in [4.78, 5) is 6.77. The largest absolute Gasteiger partial charge is 0.396 e. The van der Waals surface area contributed by atoms with Crippen LogP contribution in [-0.2, 0) is 6.54 Å². The molecule has 0 aliphatic rings. The third-order valence-electron chi connectivity index (χ3n) is 3.28.